The Hall–Kier alpha value is -1.39. The zero-order valence-electron chi connectivity index (χ0n) is 12.4. The quantitative estimate of drug-likeness (QED) is 0.860. The molecule has 1 aromatic rings. The molecule has 20 heavy (non-hydrogen) atoms. The number of aryl methyl sites for hydroxylation is 1. The molecule has 4 heteroatoms. The fraction of sp³-hybridized carbons (Fsp3) is 0.562. The lowest BCUT2D eigenvalue weighted by Gasteiger charge is -2.35. The van der Waals surface area contributed by atoms with Gasteiger partial charge in [-0.15, -0.1) is 0 Å². The molecule has 2 N–H and O–H groups in total. The molecule has 1 atom stereocenters. The van der Waals surface area contributed by atoms with Gasteiger partial charge in [0.2, 0.25) is 5.91 Å². The minimum absolute atomic E-state index is 0.272. The molecule has 1 unspecified atom stereocenters. The molecule has 1 aliphatic heterocycles. The number of nitrogens with two attached hydrogens (primary N) is 1. The predicted molar refractivity (Wildman–Crippen MR) is 79.3 cm³/mol. The highest BCUT2D eigenvalue weighted by Gasteiger charge is 2.46. The smallest absolute Gasteiger partial charge is 0.240 e. The Labute approximate surface area is 120 Å². The molecule has 1 saturated heterocycles. The third-order valence-corrected chi connectivity index (χ3v) is 4.33. The van der Waals surface area contributed by atoms with E-state index in [1.54, 1.807) is 7.11 Å². The number of primary amides is 1. The van der Waals surface area contributed by atoms with Gasteiger partial charge in [0.05, 0.1) is 6.61 Å². The van der Waals surface area contributed by atoms with Crippen LogP contribution in [-0.4, -0.2) is 36.6 Å². The van der Waals surface area contributed by atoms with Crippen LogP contribution in [0.5, 0.6) is 0 Å². The zero-order chi connectivity index (χ0) is 14.6. The molecule has 1 heterocycles. The molecular weight excluding hydrogens is 252 g/mol. The van der Waals surface area contributed by atoms with Crippen molar-refractivity contribution in [1.29, 1.82) is 0 Å². The van der Waals surface area contributed by atoms with Crippen molar-refractivity contribution in [2.24, 2.45) is 5.73 Å². The molecular formula is C16H24N2O2. The molecule has 0 spiro atoms. The summed E-state index contributed by atoms with van der Waals surface area (Å²) in [6.45, 7) is 4.18. The van der Waals surface area contributed by atoms with Crippen molar-refractivity contribution in [3.8, 4) is 0 Å². The van der Waals surface area contributed by atoms with Gasteiger partial charge in [-0.25, -0.2) is 0 Å². The van der Waals surface area contributed by atoms with Crippen LogP contribution in [0.15, 0.2) is 24.3 Å². The number of carbonyl (C=O) groups excluding carboxylic acids is 1. The van der Waals surface area contributed by atoms with Crippen molar-refractivity contribution >= 4 is 5.91 Å². The number of amides is 1. The van der Waals surface area contributed by atoms with E-state index >= 15 is 0 Å². The first-order chi connectivity index (χ1) is 9.64. The van der Waals surface area contributed by atoms with Crippen LogP contribution >= 0.6 is 0 Å². The Balaban J connectivity index is 2.24. The van der Waals surface area contributed by atoms with Crippen molar-refractivity contribution in [2.75, 3.05) is 20.3 Å². The first-order valence-electron chi connectivity index (χ1n) is 7.24. The Morgan fingerprint density at radius 2 is 2.10 bits per heavy atom. The van der Waals surface area contributed by atoms with Crippen molar-refractivity contribution in [3.63, 3.8) is 0 Å². The third-order valence-electron chi connectivity index (χ3n) is 4.33. The van der Waals surface area contributed by atoms with Gasteiger partial charge in [0, 0.05) is 13.7 Å². The summed E-state index contributed by atoms with van der Waals surface area (Å²) in [4.78, 5) is 14.2. The van der Waals surface area contributed by atoms with Gasteiger partial charge in [0.15, 0.2) is 0 Å². The Morgan fingerprint density at radius 1 is 1.40 bits per heavy atom. The molecule has 0 bridgehead atoms. The number of methoxy groups -OCH3 is 1. The van der Waals surface area contributed by atoms with E-state index in [4.69, 9.17) is 10.5 Å². The highest BCUT2D eigenvalue weighted by molar-refractivity contribution is 5.85. The van der Waals surface area contributed by atoms with Crippen LogP contribution in [0.2, 0.25) is 0 Å². The number of carbonyl (C=O) groups is 1. The summed E-state index contributed by atoms with van der Waals surface area (Å²) in [5.74, 6) is -0.272. The first kappa shape index (κ1) is 15.0. The number of rotatable bonds is 6. The second-order valence-corrected chi connectivity index (χ2v) is 5.48. The largest absolute Gasteiger partial charge is 0.382 e. The fourth-order valence-corrected chi connectivity index (χ4v) is 3.18. The van der Waals surface area contributed by atoms with Gasteiger partial charge in [-0.1, -0.05) is 31.2 Å². The van der Waals surface area contributed by atoms with Crippen molar-refractivity contribution in [3.05, 3.63) is 35.4 Å². The molecule has 0 radical (unpaired) electrons. The molecule has 2 rings (SSSR count). The average Bonchev–Trinajstić information content (AvgIpc) is 2.84. The maximum Gasteiger partial charge on any atom is 0.240 e. The maximum atomic E-state index is 12.0. The second kappa shape index (κ2) is 6.37. The molecule has 0 aromatic heterocycles. The van der Waals surface area contributed by atoms with E-state index < -0.39 is 5.54 Å². The third kappa shape index (κ3) is 2.72. The minimum Gasteiger partial charge on any atom is -0.382 e. The van der Waals surface area contributed by atoms with Crippen LogP contribution < -0.4 is 5.73 Å². The van der Waals surface area contributed by atoms with Crippen molar-refractivity contribution in [1.82, 2.24) is 4.90 Å². The monoisotopic (exact) mass is 276 g/mol. The van der Waals surface area contributed by atoms with Gasteiger partial charge in [0.25, 0.3) is 0 Å². The molecule has 1 aliphatic rings. The zero-order valence-corrected chi connectivity index (χ0v) is 12.4. The van der Waals surface area contributed by atoms with E-state index in [2.05, 4.69) is 30.0 Å². The topological polar surface area (TPSA) is 55.6 Å². The molecule has 1 fully saturated rings. The van der Waals surface area contributed by atoms with Gasteiger partial charge in [-0.3, -0.25) is 9.69 Å². The van der Waals surface area contributed by atoms with Crippen LogP contribution in [0.4, 0.5) is 0 Å². The van der Waals surface area contributed by atoms with Gasteiger partial charge in [-0.2, -0.15) is 0 Å². The summed E-state index contributed by atoms with van der Waals surface area (Å²) in [5, 5.41) is 0. The lowest BCUT2D eigenvalue weighted by Crippen LogP contribution is -2.56. The summed E-state index contributed by atoms with van der Waals surface area (Å²) in [6.07, 6.45) is 2.77. The van der Waals surface area contributed by atoms with Gasteiger partial charge in [-0.05, 0) is 36.9 Å². The number of likely N-dealkylation sites (tertiary alicyclic amines) is 1. The normalized spacial score (nSPS) is 23.1. The van der Waals surface area contributed by atoms with Crippen LogP contribution in [0.25, 0.3) is 0 Å². The Morgan fingerprint density at radius 3 is 2.70 bits per heavy atom. The number of nitrogens with zero attached hydrogens (tertiary/aromatic N) is 1. The van der Waals surface area contributed by atoms with E-state index in [1.807, 2.05) is 6.07 Å². The Kier molecular flexibility index (Phi) is 4.78. The molecule has 1 amide bonds. The maximum absolute atomic E-state index is 12.0. The van der Waals surface area contributed by atoms with E-state index in [-0.39, 0.29) is 5.91 Å². The highest BCUT2D eigenvalue weighted by Crippen LogP contribution is 2.31. The van der Waals surface area contributed by atoms with E-state index in [1.165, 1.54) is 11.1 Å². The fourth-order valence-electron chi connectivity index (χ4n) is 3.18. The molecule has 4 nitrogen and oxygen atoms in total. The number of benzene rings is 1. The molecule has 1 aromatic carbocycles. The second-order valence-electron chi connectivity index (χ2n) is 5.48. The van der Waals surface area contributed by atoms with Gasteiger partial charge in [0.1, 0.15) is 5.54 Å². The SMILES string of the molecule is CCc1ccccc1CN1CCCC1(COC)C(N)=O. The van der Waals surface area contributed by atoms with Gasteiger partial charge >= 0.3 is 0 Å². The first-order valence-corrected chi connectivity index (χ1v) is 7.24. The van der Waals surface area contributed by atoms with Crippen molar-refractivity contribution in [2.45, 2.75) is 38.3 Å². The standard InChI is InChI=1S/C16H24N2O2/c1-3-13-7-4-5-8-14(13)11-18-10-6-9-16(18,12-20-2)15(17)19/h4-5,7-8H,3,6,9-12H2,1-2H3,(H2,17,19). The van der Waals surface area contributed by atoms with Gasteiger partial charge < -0.3 is 10.5 Å². The average molecular weight is 276 g/mol. The molecule has 110 valence electrons. The number of hydrogen-bond donors (Lipinski definition) is 1. The summed E-state index contributed by atoms with van der Waals surface area (Å²) in [6, 6.07) is 8.39. The van der Waals surface area contributed by atoms with Crippen LogP contribution in [0.1, 0.15) is 30.9 Å². The predicted octanol–water partition coefficient (Wildman–Crippen LogP) is 1.72. The number of ether oxygens (including phenoxy) is 1. The lowest BCUT2D eigenvalue weighted by molar-refractivity contribution is -0.132. The van der Waals surface area contributed by atoms with Crippen LogP contribution in [-0.2, 0) is 22.5 Å². The van der Waals surface area contributed by atoms with Crippen LogP contribution in [0, 0.1) is 0 Å². The molecule has 0 aliphatic carbocycles. The van der Waals surface area contributed by atoms with Crippen molar-refractivity contribution < 1.29 is 9.53 Å². The van der Waals surface area contributed by atoms with E-state index in [9.17, 15) is 4.79 Å². The summed E-state index contributed by atoms with van der Waals surface area (Å²) in [5.41, 5.74) is 7.63. The van der Waals surface area contributed by atoms with Crippen LogP contribution in [0.3, 0.4) is 0 Å². The summed E-state index contributed by atoms with van der Waals surface area (Å²) >= 11 is 0. The minimum atomic E-state index is -0.643. The summed E-state index contributed by atoms with van der Waals surface area (Å²) < 4.78 is 5.27. The number of hydrogen-bond acceptors (Lipinski definition) is 3. The summed E-state index contributed by atoms with van der Waals surface area (Å²) in [7, 11) is 1.63. The highest BCUT2D eigenvalue weighted by atomic mass is 16.5. The Bertz CT molecular complexity index is 475. The lowest BCUT2D eigenvalue weighted by atomic mass is 9.95. The molecule has 0 saturated carbocycles. The van der Waals surface area contributed by atoms with E-state index in [0.717, 1.165) is 32.4 Å². The van der Waals surface area contributed by atoms with E-state index in [0.29, 0.717) is 6.61 Å².